The van der Waals surface area contributed by atoms with Gasteiger partial charge in [-0.2, -0.15) is 0 Å². The van der Waals surface area contributed by atoms with Crippen molar-refractivity contribution in [1.82, 2.24) is 4.90 Å². The van der Waals surface area contributed by atoms with E-state index in [0.29, 0.717) is 11.7 Å². The van der Waals surface area contributed by atoms with Crippen molar-refractivity contribution in [3.63, 3.8) is 0 Å². The van der Waals surface area contributed by atoms with Gasteiger partial charge in [0.2, 0.25) is 5.91 Å². The molecule has 1 aliphatic carbocycles. The van der Waals surface area contributed by atoms with Gasteiger partial charge in [-0.05, 0) is 25.7 Å². The van der Waals surface area contributed by atoms with Crippen LogP contribution in [0, 0.1) is 11.8 Å². The molecule has 1 heterocycles. The second-order valence-corrected chi connectivity index (χ2v) is 6.01. The third kappa shape index (κ3) is 2.05. The molecule has 1 aliphatic heterocycles. The van der Waals surface area contributed by atoms with E-state index in [4.69, 9.17) is 5.11 Å². The van der Waals surface area contributed by atoms with Gasteiger partial charge in [-0.3, -0.25) is 4.79 Å². The van der Waals surface area contributed by atoms with Gasteiger partial charge in [-0.1, -0.05) is 6.92 Å². The molecule has 90 valence electrons. The highest BCUT2D eigenvalue weighted by molar-refractivity contribution is 8.00. The van der Waals surface area contributed by atoms with Crippen LogP contribution in [0.4, 0.5) is 0 Å². The number of amides is 1. The van der Waals surface area contributed by atoms with Gasteiger partial charge >= 0.3 is 5.97 Å². The Hall–Kier alpha value is -0.710. The lowest BCUT2D eigenvalue weighted by Crippen LogP contribution is -2.47. The van der Waals surface area contributed by atoms with E-state index in [9.17, 15) is 9.59 Å². The van der Waals surface area contributed by atoms with Crippen molar-refractivity contribution in [3.8, 4) is 0 Å². The summed E-state index contributed by atoms with van der Waals surface area (Å²) in [5.74, 6) is 0.128. The number of carbonyl (C=O) groups excluding carboxylic acids is 1. The van der Waals surface area contributed by atoms with E-state index in [1.165, 1.54) is 0 Å². The molecule has 1 saturated carbocycles. The fourth-order valence-electron chi connectivity index (χ4n) is 2.20. The normalized spacial score (nSPS) is 31.5. The fraction of sp³-hybridized carbons (Fsp3) is 0.818. The summed E-state index contributed by atoms with van der Waals surface area (Å²) in [6, 6.07) is -0.631. The highest BCUT2D eigenvalue weighted by Crippen LogP contribution is 2.39. The van der Waals surface area contributed by atoms with Crippen LogP contribution in [0.15, 0.2) is 0 Å². The minimum Gasteiger partial charge on any atom is -0.480 e. The molecule has 0 spiro atoms. The number of carboxylic acids is 1. The van der Waals surface area contributed by atoms with E-state index < -0.39 is 12.0 Å². The van der Waals surface area contributed by atoms with Gasteiger partial charge in [-0.25, -0.2) is 4.79 Å². The summed E-state index contributed by atoms with van der Waals surface area (Å²) >= 11 is 1.54. The van der Waals surface area contributed by atoms with E-state index >= 15 is 0 Å². The molecule has 5 heteroatoms. The zero-order valence-corrected chi connectivity index (χ0v) is 10.4. The molecule has 16 heavy (non-hydrogen) atoms. The van der Waals surface area contributed by atoms with E-state index in [1.807, 2.05) is 13.8 Å². The highest BCUT2D eigenvalue weighted by atomic mass is 32.2. The molecule has 2 rings (SSSR count). The van der Waals surface area contributed by atoms with Crippen molar-refractivity contribution < 1.29 is 14.7 Å². The summed E-state index contributed by atoms with van der Waals surface area (Å²) < 4.78 is 0. The molecule has 1 N–H and O–H groups in total. The Bertz CT molecular complexity index is 316. The molecule has 1 amide bonds. The Morgan fingerprint density at radius 3 is 2.56 bits per heavy atom. The summed E-state index contributed by atoms with van der Waals surface area (Å²) in [4.78, 5) is 24.8. The van der Waals surface area contributed by atoms with Gasteiger partial charge in [0.15, 0.2) is 0 Å². The van der Waals surface area contributed by atoms with Crippen LogP contribution in [-0.4, -0.2) is 39.1 Å². The third-order valence-corrected chi connectivity index (χ3v) is 4.70. The molecule has 2 aliphatic rings. The first-order chi connectivity index (χ1) is 7.52. The summed E-state index contributed by atoms with van der Waals surface area (Å²) in [6.07, 6.45) is 2.22. The number of hydrogen-bond acceptors (Lipinski definition) is 3. The number of rotatable bonds is 3. The molecular weight excluding hydrogens is 226 g/mol. The largest absolute Gasteiger partial charge is 0.480 e. The van der Waals surface area contributed by atoms with Crippen molar-refractivity contribution in [2.45, 2.75) is 38.1 Å². The quantitative estimate of drug-likeness (QED) is 0.814. The predicted octanol–water partition coefficient (Wildman–Crippen LogP) is 1.41. The van der Waals surface area contributed by atoms with Crippen molar-refractivity contribution in [1.29, 1.82) is 0 Å². The van der Waals surface area contributed by atoms with Gasteiger partial charge in [-0.15, -0.1) is 11.8 Å². The molecule has 0 aromatic rings. The molecule has 3 atom stereocenters. The Labute approximate surface area is 99.4 Å². The van der Waals surface area contributed by atoms with Crippen LogP contribution in [-0.2, 0) is 9.59 Å². The maximum atomic E-state index is 12.2. The average molecular weight is 243 g/mol. The molecule has 0 aromatic carbocycles. The molecular formula is C11H17NO3S. The summed E-state index contributed by atoms with van der Waals surface area (Å²) in [5.41, 5.74) is 0. The van der Waals surface area contributed by atoms with Crippen LogP contribution < -0.4 is 0 Å². The summed E-state index contributed by atoms with van der Waals surface area (Å²) in [6.45, 7) is 3.83. The highest BCUT2D eigenvalue weighted by Gasteiger charge is 2.44. The minimum atomic E-state index is -0.881. The minimum absolute atomic E-state index is 0.00481. The van der Waals surface area contributed by atoms with Crippen molar-refractivity contribution in [2.24, 2.45) is 11.8 Å². The molecule has 4 nitrogen and oxygen atoms in total. The number of carboxylic acid groups (broad SMARTS) is 1. The molecule has 1 saturated heterocycles. The van der Waals surface area contributed by atoms with E-state index in [-0.39, 0.29) is 17.2 Å². The number of thioether (sulfide) groups is 1. The Balaban J connectivity index is 2.09. The Morgan fingerprint density at radius 1 is 1.44 bits per heavy atom. The first-order valence-corrected chi connectivity index (χ1v) is 6.74. The monoisotopic (exact) mass is 243 g/mol. The maximum Gasteiger partial charge on any atom is 0.327 e. The SMILES string of the molecule is CC(C(=O)N1C(C)SCC1C(=O)O)C1CC1. The van der Waals surface area contributed by atoms with Gasteiger partial charge < -0.3 is 10.0 Å². The third-order valence-electron chi connectivity index (χ3n) is 3.48. The second kappa shape index (κ2) is 4.28. The molecule has 2 fully saturated rings. The fourth-order valence-corrected chi connectivity index (χ4v) is 3.38. The molecule has 0 radical (unpaired) electrons. The van der Waals surface area contributed by atoms with Crippen molar-refractivity contribution >= 4 is 23.6 Å². The topological polar surface area (TPSA) is 57.6 Å². The number of nitrogens with zero attached hydrogens (tertiary/aromatic N) is 1. The van der Waals surface area contributed by atoms with Crippen LogP contribution >= 0.6 is 11.8 Å². The van der Waals surface area contributed by atoms with E-state index in [0.717, 1.165) is 12.8 Å². The Morgan fingerprint density at radius 2 is 2.06 bits per heavy atom. The predicted molar refractivity (Wildman–Crippen MR) is 62.1 cm³/mol. The lowest BCUT2D eigenvalue weighted by molar-refractivity contribution is -0.150. The Kier molecular flexibility index (Phi) is 3.15. The zero-order chi connectivity index (χ0) is 11.9. The molecule has 0 bridgehead atoms. The zero-order valence-electron chi connectivity index (χ0n) is 9.55. The van der Waals surface area contributed by atoms with Crippen LogP contribution in [0.3, 0.4) is 0 Å². The van der Waals surface area contributed by atoms with E-state index in [1.54, 1.807) is 16.7 Å². The first kappa shape index (κ1) is 11.8. The van der Waals surface area contributed by atoms with Gasteiger partial charge in [0.05, 0.1) is 5.37 Å². The second-order valence-electron chi connectivity index (χ2n) is 4.66. The first-order valence-electron chi connectivity index (χ1n) is 5.69. The smallest absolute Gasteiger partial charge is 0.327 e. The van der Waals surface area contributed by atoms with Crippen LogP contribution in [0.25, 0.3) is 0 Å². The number of aliphatic carboxylic acids is 1. The van der Waals surface area contributed by atoms with E-state index in [2.05, 4.69) is 0 Å². The number of hydrogen-bond donors (Lipinski definition) is 1. The lowest BCUT2D eigenvalue weighted by Gasteiger charge is -2.28. The standard InChI is InChI=1S/C11H17NO3S/c1-6(8-3-4-8)10(13)12-7(2)16-5-9(12)11(14)15/h6-9H,3-5H2,1-2H3,(H,14,15). The maximum absolute atomic E-state index is 12.2. The van der Waals surface area contributed by atoms with Crippen LogP contribution in [0.2, 0.25) is 0 Å². The molecule has 3 unspecified atom stereocenters. The van der Waals surface area contributed by atoms with Gasteiger partial charge in [0, 0.05) is 11.7 Å². The van der Waals surface area contributed by atoms with Gasteiger partial charge in [0.25, 0.3) is 0 Å². The lowest BCUT2D eigenvalue weighted by atomic mass is 10.0. The van der Waals surface area contributed by atoms with Crippen molar-refractivity contribution in [2.75, 3.05) is 5.75 Å². The average Bonchev–Trinajstić information content (AvgIpc) is 2.99. The van der Waals surface area contributed by atoms with Crippen LogP contribution in [0.1, 0.15) is 26.7 Å². The van der Waals surface area contributed by atoms with Gasteiger partial charge in [0.1, 0.15) is 6.04 Å². The van der Waals surface area contributed by atoms with Crippen LogP contribution in [0.5, 0.6) is 0 Å². The number of carbonyl (C=O) groups is 2. The summed E-state index contributed by atoms with van der Waals surface area (Å²) in [7, 11) is 0. The molecule has 0 aromatic heterocycles. The summed E-state index contributed by atoms with van der Waals surface area (Å²) in [5, 5.41) is 9.07. The van der Waals surface area contributed by atoms with Crippen molar-refractivity contribution in [3.05, 3.63) is 0 Å².